The van der Waals surface area contributed by atoms with Crippen LogP contribution in [-0.2, 0) is 4.74 Å². The molecule has 2 aromatic heterocycles. The third-order valence-corrected chi connectivity index (χ3v) is 3.17. The number of nitrogens with zero attached hydrogens (tertiary/aromatic N) is 4. The Bertz CT molecular complexity index is 864. The van der Waals surface area contributed by atoms with Crippen LogP contribution in [0.15, 0.2) is 42.9 Å². The second-order valence-electron chi connectivity index (χ2n) is 4.60. The van der Waals surface area contributed by atoms with Crippen LogP contribution in [0.5, 0.6) is 0 Å². The number of ether oxygens (including phenoxy) is 1. The Morgan fingerprint density at radius 2 is 2.22 bits per heavy atom. The third kappa shape index (κ3) is 2.73. The van der Waals surface area contributed by atoms with Gasteiger partial charge in [0.05, 0.1) is 18.9 Å². The van der Waals surface area contributed by atoms with E-state index in [1.165, 1.54) is 36.2 Å². The fourth-order valence-electron chi connectivity index (χ4n) is 2.07. The van der Waals surface area contributed by atoms with Gasteiger partial charge in [0.25, 0.3) is 0 Å². The molecule has 0 aliphatic carbocycles. The van der Waals surface area contributed by atoms with Crippen LogP contribution in [0.2, 0.25) is 0 Å². The molecule has 0 bridgehead atoms. The monoisotopic (exact) mass is 313 g/mol. The molecular formula is C15H12FN5O2. The van der Waals surface area contributed by atoms with Crippen LogP contribution >= 0.6 is 0 Å². The van der Waals surface area contributed by atoms with Crippen LogP contribution in [-0.4, -0.2) is 32.8 Å². The number of nitrogen functional groups attached to an aromatic ring is 1. The van der Waals surface area contributed by atoms with E-state index < -0.39 is 11.8 Å². The molecule has 0 aliphatic heterocycles. The highest BCUT2D eigenvalue weighted by molar-refractivity contribution is 5.90. The molecule has 3 rings (SSSR count). The molecule has 0 saturated heterocycles. The number of benzene rings is 1. The molecule has 8 heteroatoms. The highest BCUT2D eigenvalue weighted by Gasteiger charge is 2.15. The third-order valence-electron chi connectivity index (χ3n) is 3.17. The van der Waals surface area contributed by atoms with Crippen LogP contribution in [0.4, 0.5) is 10.2 Å². The smallest absolute Gasteiger partial charge is 0.340 e. The van der Waals surface area contributed by atoms with Crippen molar-refractivity contribution in [3.63, 3.8) is 0 Å². The lowest BCUT2D eigenvalue weighted by molar-refractivity contribution is 0.0595. The fraction of sp³-hybridized carbons (Fsp3) is 0.0667. The Morgan fingerprint density at radius 1 is 1.39 bits per heavy atom. The summed E-state index contributed by atoms with van der Waals surface area (Å²) in [6.45, 7) is 0. The van der Waals surface area contributed by atoms with Gasteiger partial charge in [0.1, 0.15) is 11.5 Å². The maximum atomic E-state index is 14.0. The first kappa shape index (κ1) is 14.6. The van der Waals surface area contributed by atoms with Gasteiger partial charge in [0.15, 0.2) is 11.6 Å². The molecule has 0 spiro atoms. The number of methoxy groups -OCH3 is 1. The van der Waals surface area contributed by atoms with E-state index in [9.17, 15) is 9.18 Å². The summed E-state index contributed by atoms with van der Waals surface area (Å²) < 4.78 is 20.0. The maximum absolute atomic E-state index is 14.0. The minimum absolute atomic E-state index is 0.128. The largest absolute Gasteiger partial charge is 0.465 e. The molecular weight excluding hydrogens is 301 g/mol. The topological polar surface area (TPSA) is 95.9 Å². The van der Waals surface area contributed by atoms with Crippen molar-refractivity contribution in [3.05, 3.63) is 54.2 Å². The molecule has 0 unspecified atom stereocenters. The molecule has 7 nitrogen and oxygen atoms in total. The van der Waals surface area contributed by atoms with Crippen LogP contribution in [0, 0.1) is 5.82 Å². The van der Waals surface area contributed by atoms with E-state index in [1.54, 1.807) is 18.5 Å². The summed E-state index contributed by atoms with van der Waals surface area (Å²) in [6.07, 6.45) is 4.78. The summed E-state index contributed by atoms with van der Waals surface area (Å²) in [5.74, 6) is -0.889. The SMILES string of the molecule is COC(=O)c1ccc(-c2ncc(-n3cccn3)nc2N)cc1F. The van der Waals surface area contributed by atoms with Crippen LogP contribution < -0.4 is 5.73 Å². The van der Waals surface area contributed by atoms with Gasteiger partial charge in [-0.2, -0.15) is 5.10 Å². The van der Waals surface area contributed by atoms with Gasteiger partial charge in [0.2, 0.25) is 0 Å². The highest BCUT2D eigenvalue weighted by atomic mass is 19.1. The molecule has 3 aromatic rings. The Labute approximate surface area is 130 Å². The highest BCUT2D eigenvalue weighted by Crippen LogP contribution is 2.25. The number of anilines is 1. The average Bonchev–Trinajstić information content (AvgIpc) is 3.08. The van der Waals surface area contributed by atoms with Crippen molar-refractivity contribution in [1.82, 2.24) is 19.7 Å². The van der Waals surface area contributed by atoms with E-state index in [2.05, 4.69) is 19.8 Å². The lowest BCUT2D eigenvalue weighted by Crippen LogP contribution is -2.06. The fourth-order valence-corrected chi connectivity index (χ4v) is 2.07. The van der Waals surface area contributed by atoms with Crippen molar-refractivity contribution in [2.75, 3.05) is 12.8 Å². The Hall–Kier alpha value is -3.29. The van der Waals surface area contributed by atoms with Crippen molar-refractivity contribution in [3.8, 4) is 17.1 Å². The predicted molar refractivity (Wildman–Crippen MR) is 80.3 cm³/mol. The van der Waals surface area contributed by atoms with Gasteiger partial charge in [-0.05, 0) is 18.2 Å². The number of carbonyl (C=O) groups is 1. The second kappa shape index (κ2) is 5.84. The molecule has 116 valence electrons. The van der Waals surface area contributed by atoms with Crippen LogP contribution in [0.25, 0.3) is 17.1 Å². The van der Waals surface area contributed by atoms with E-state index in [0.29, 0.717) is 17.1 Å². The lowest BCUT2D eigenvalue weighted by Gasteiger charge is -2.08. The molecule has 2 N–H and O–H groups in total. The quantitative estimate of drug-likeness (QED) is 0.741. The molecule has 0 atom stereocenters. The minimum Gasteiger partial charge on any atom is -0.465 e. The van der Waals surface area contributed by atoms with Gasteiger partial charge < -0.3 is 10.5 Å². The number of halogens is 1. The Kier molecular flexibility index (Phi) is 3.71. The van der Waals surface area contributed by atoms with Crippen LogP contribution in [0.3, 0.4) is 0 Å². The first-order valence-electron chi connectivity index (χ1n) is 6.61. The molecule has 0 saturated carbocycles. The summed E-state index contributed by atoms with van der Waals surface area (Å²) in [4.78, 5) is 19.8. The first-order chi connectivity index (χ1) is 11.1. The van der Waals surface area contributed by atoms with E-state index in [-0.39, 0.29) is 11.4 Å². The minimum atomic E-state index is -0.748. The lowest BCUT2D eigenvalue weighted by atomic mass is 10.1. The van der Waals surface area contributed by atoms with E-state index in [1.807, 2.05) is 0 Å². The van der Waals surface area contributed by atoms with E-state index >= 15 is 0 Å². The number of esters is 1. The van der Waals surface area contributed by atoms with Crippen molar-refractivity contribution in [2.24, 2.45) is 0 Å². The molecule has 0 radical (unpaired) electrons. The number of hydrogen-bond donors (Lipinski definition) is 1. The molecule has 2 heterocycles. The number of rotatable bonds is 3. The Balaban J connectivity index is 1.99. The predicted octanol–water partition coefficient (Wildman–Crippen LogP) is 1.84. The normalized spacial score (nSPS) is 10.5. The molecule has 23 heavy (non-hydrogen) atoms. The molecule has 1 aromatic carbocycles. The molecule has 0 amide bonds. The number of aromatic nitrogens is 4. The zero-order chi connectivity index (χ0) is 16.4. The summed E-state index contributed by atoms with van der Waals surface area (Å²) in [5.41, 5.74) is 6.47. The first-order valence-corrected chi connectivity index (χ1v) is 6.61. The number of hydrogen-bond acceptors (Lipinski definition) is 6. The van der Waals surface area contributed by atoms with Crippen molar-refractivity contribution in [1.29, 1.82) is 0 Å². The molecule has 0 fully saturated rings. The summed E-state index contributed by atoms with van der Waals surface area (Å²) in [6, 6.07) is 5.76. The van der Waals surface area contributed by atoms with Gasteiger partial charge in [-0.1, -0.05) is 6.07 Å². The summed E-state index contributed by atoms with van der Waals surface area (Å²) in [7, 11) is 1.19. The standard InChI is InChI=1S/C15H12FN5O2/c1-23-15(22)10-4-3-9(7-11(10)16)13-14(17)20-12(8-18-13)21-6-2-5-19-21/h2-8H,1H3,(H2,17,20). The summed E-state index contributed by atoms with van der Waals surface area (Å²) in [5, 5.41) is 4.03. The zero-order valence-electron chi connectivity index (χ0n) is 12.1. The number of carbonyl (C=O) groups excluding carboxylic acids is 1. The summed E-state index contributed by atoms with van der Waals surface area (Å²) >= 11 is 0. The average molecular weight is 313 g/mol. The van der Waals surface area contributed by atoms with Gasteiger partial charge in [0, 0.05) is 18.0 Å². The van der Waals surface area contributed by atoms with Gasteiger partial charge in [-0.25, -0.2) is 23.8 Å². The Morgan fingerprint density at radius 3 is 2.83 bits per heavy atom. The number of nitrogens with two attached hydrogens (primary N) is 1. The second-order valence-corrected chi connectivity index (χ2v) is 4.60. The zero-order valence-corrected chi connectivity index (χ0v) is 12.1. The van der Waals surface area contributed by atoms with E-state index in [0.717, 1.165) is 0 Å². The van der Waals surface area contributed by atoms with Crippen molar-refractivity contribution >= 4 is 11.8 Å². The van der Waals surface area contributed by atoms with Gasteiger partial charge in [-0.15, -0.1) is 0 Å². The van der Waals surface area contributed by atoms with Crippen molar-refractivity contribution < 1.29 is 13.9 Å². The van der Waals surface area contributed by atoms with Crippen molar-refractivity contribution in [2.45, 2.75) is 0 Å². The van der Waals surface area contributed by atoms with Gasteiger partial charge in [-0.3, -0.25) is 0 Å². The molecule has 0 aliphatic rings. The van der Waals surface area contributed by atoms with E-state index in [4.69, 9.17) is 5.73 Å². The van der Waals surface area contributed by atoms with Crippen LogP contribution in [0.1, 0.15) is 10.4 Å². The maximum Gasteiger partial charge on any atom is 0.340 e. The van der Waals surface area contributed by atoms with Gasteiger partial charge >= 0.3 is 5.97 Å².